The second-order valence-electron chi connectivity index (χ2n) is 5.69. The van der Waals surface area contributed by atoms with E-state index >= 15 is 0 Å². The maximum atomic E-state index is 6.13. The maximum Gasteiger partial charge on any atom is 0.124 e. The molecule has 1 aliphatic heterocycles. The molecule has 1 N–H and O–H groups in total. The van der Waals surface area contributed by atoms with Gasteiger partial charge in [0.15, 0.2) is 0 Å². The molecule has 1 atom stereocenters. The highest BCUT2D eigenvalue weighted by molar-refractivity contribution is 5.39. The van der Waals surface area contributed by atoms with Crippen LogP contribution in [0.3, 0.4) is 0 Å². The summed E-state index contributed by atoms with van der Waals surface area (Å²) in [5, 5.41) is 3.46. The highest BCUT2D eigenvalue weighted by Crippen LogP contribution is 2.27. The second-order valence-corrected chi connectivity index (χ2v) is 5.69. The van der Waals surface area contributed by atoms with E-state index in [1.165, 1.54) is 11.1 Å². The summed E-state index contributed by atoms with van der Waals surface area (Å²) >= 11 is 0. The Morgan fingerprint density at radius 3 is 2.80 bits per heavy atom. The van der Waals surface area contributed by atoms with E-state index in [9.17, 15) is 0 Å². The fourth-order valence-electron chi connectivity index (χ4n) is 2.66. The Hall–Kier alpha value is -1.06. The standard InChI is InChI=1S/C17H27NO2/c1-4-18-14(3)16-6-5-13(2)11-17(16)20-12-15-7-9-19-10-8-15/h5-6,11,14-15,18H,4,7-10,12H2,1-3H3. The molecule has 0 amide bonds. The van der Waals surface area contributed by atoms with Crippen molar-refractivity contribution in [2.75, 3.05) is 26.4 Å². The zero-order chi connectivity index (χ0) is 14.4. The average Bonchev–Trinajstić information content (AvgIpc) is 2.46. The van der Waals surface area contributed by atoms with Crippen LogP contribution in [0.5, 0.6) is 5.75 Å². The van der Waals surface area contributed by atoms with Crippen LogP contribution in [0.25, 0.3) is 0 Å². The minimum absolute atomic E-state index is 0.324. The molecule has 3 nitrogen and oxygen atoms in total. The molecule has 0 radical (unpaired) electrons. The number of rotatable bonds is 6. The van der Waals surface area contributed by atoms with Crippen LogP contribution in [0.2, 0.25) is 0 Å². The van der Waals surface area contributed by atoms with Gasteiger partial charge in [-0.3, -0.25) is 0 Å². The van der Waals surface area contributed by atoms with Crippen LogP contribution in [-0.2, 0) is 4.74 Å². The molecule has 2 rings (SSSR count). The van der Waals surface area contributed by atoms with Crippen LogP contribution in [0.15, 0.2) is 18.2 Å². The summed E-state index contributed by atoms with van der Waals surface area (Å²) in [6.07, 6.45) is 2.23. The molecule has 0 aliphatic carbocycles. The third-order valence-corrected chi connectivity index (χ3v) is 3.96. The van der Waals surface area contributed by atoms with Crippen LogP contribution in [0, 0.1) is 12.8 Å². The Bertz CT molecular complexity index is 413. The fraction of sp³-hybridized carbons (Fsp3) is 0.647. The predicted molar refractivity (Wildman–Crippen MR) is 82.3 cm³/mol. The molecule has 1 aliphatic rings. The topological polar surface area (TPSA) is 30.5 Å². The molecule has 1 aromatic rings. The number of ether oxygens (including phenoxy) is 2. The number of aryl methyl sites for hydroxylation is 1. The second kappa shape index (κ2) is 7.65. The lowest BCUT2D eigenvalue weighted by Gasteiger charge is -2.24. The number of hydrogen-bond donors (Lipinski definition) is 1. The normalized spacial score (nSPS) is 17.9. The van der Waals surface area contributed by atoms with E-state index in [0.717, 1.165) is 45.0 Å². The molecule has 3 heteroatoms. The average molecular weight is 277 g/mol. The van der Waals surface area contributed by atoms with Crippen molar-refractivity contribution in [2.24, 2.45) is 5.92 Å². The summed E-state index contributed by atoms with van der Waals surface area (Å²) in [4.78, 5) is 0. The Labute approximate surface area is 122 Å². The van der Waals surface area contributed by atoms with Crippen molar-refractivity contribution in [3.63, 3.8) is 0 Å². The van der Waals surface area contributed by atoms with Gasteiger partial charge in [-0.15, -0.1) is 0 Å². The molecular weight excluding hydrogens is 250 g/mol. The van der Waals surface area contributed by atoms with Gasteiger partial charge in [0.2, 0.25) is 0 Å². The van der Waals surface area contributed by atoms with E-state index in [2.05, 4.69) is 44.3 Å². The molecule has 0 aromatic heterocycles. The Morgan fingerprint density at radius 2 is 2.10 bits per heavy atom. The van der Waals surface area contributed by atoms with Crippen LogP contribution in [0.1, 0.15) is 43.9 Å². The van der Waals surface area contributed by atoms with Gasteiger partial charge in [-0.05, 0) is 50.8 Å². The van der Waals surface area contributed by atoms with Crippen molar-refractivity contribution < 1.29 is 9.47 Å². The number of hydrogen-bond acceptors (Lipinski definition) is 3. The Balaban J connectivity index is 2.02. The van der Waals surface area contributed by atoms with Crippen LogP contribution < -0.4 is 10.1 Å². The van der Waals surface area contributed by atoms with Gasteiger partial charge in [0.05, 0.1) is 6.61 Å². The molecule has 0 bridgehead atoms. The van der Waals surface area contributed by atoms with Gasteiger partial charge in [-0.1, -0.05) is 19.1 Å². The SMILES string of the molecule is CCNC(C)c1ccc(C)cc1OCC1CCOCC1. The molecule has 1 unspecified atom stereocenters. The highest BCUT2D eigenvalue weighted by atomic mass is 16.5. The minimum Gasteiger partial charge on any atom is -0.493 e. The van der Waals surface area contributed by atoms with E-state index in [4.69, 9.17) is 9.47 Å². The molecular formula is C17H27NO2. The third kappa shape index (κ3) is 4.22. The van der Waals surface area contributed by atoms with Crippen LogP contribution in [-0.4, -0.2) is 26.4 Å². The monoisotopic (exact) mass is 277 g/mol. The van der Waals surface area contributed by atoms with Crippen molar-refractivity contribution in [3.05, 3.63) is 29.3 Å². The lowest BCUT2D eigenvalue weighted by molar-refractivity contribution is 0.0495. The van der Waals surface area contributed by atoms with Crippen molar-refractivity contribution in [2.45, 2.75) is 39.7 Å². The van der Waals surface area contributed by atoms with Gasteiger partial charge in [0.25, 0.3) is 0 Å². The molecule has 1 heterocycles. The van der Waals surface area contributed by atoms with Crippen molar-refractivity contribution in [1.82, 2.24) is 5.32 Å². The van der Waals surface area contributed by atoms with Gasteiger partial charge in [-0.25, -0.2) is 0 Å². The van der Waals surface area contributed by atoms with Crippen LogP contribution >= 0.6 is 0 Å². The van der Waals surface area contributed by atoms with E-state index in [1.54, 1.807) is 0 Å². The quantitative estimate of drug-likeness (QED) is 0.863. The summed E-state index contributed by atoms with van der Waals surface area (Å²) in [5.74, 6) is 1.66. The Kier molecular flexibility index (Phi) is 5.86. The lowest BCUT2D eigenvalue weighted by atomic mass is 10.0. The van der Waals surface area contributed by atoms with Crippen molar-refractivity contribution >= 4 is 0 Å². The smallest absolute Gasteiger partial charge is 0.124 e. The third-order valence-electron chi connectivity index (χ3n) is 3.96. The van der Waals surface area contributed by atoms with Gasteiger partial charge in [0.1, 0.15) is 5.75 Å². The van der Waals surface area contributed by atoms with Gasteiger partial charge in [-0.2, -0.15) is 0 Å². The van der Waals surface area contributed by atoms with Crippen molar-refractivity contribution in [3.8, 4) is 5.75 Å². The first-order valence-electron chi connectivity index (χ1n) is 7.75. The molecule has 0 saturated carbocycles. The molecule has 1 fully saturated rings. The van der Waals surface area contributed by atoms with Crippen LogP contribution in [0.4, 0.5) is 0 Å². The first-order chi connectivity index (χ1) is 9.70. The van der Waals surface area contributed by atoms with E-state index in [1.807, 2.05) is 0 Å². The van der Waals surface area contributed by atoms with Crippen molar-refractivity contribution in [1.29, 1.82) is 0 Å². The van der Waals surface area contributed by atoms with Gasteiger partial charge >= 0.3 is 0 Å². The molecule has 112 valence electrons. The fourth-order valence-corrected chi connectivity index (χ4v) is 2.66. The number of nitrogens with one attached hydrogen (secondary N) is 1. The number of benzene rings is 1. The summed E-state index contributed by atoms with van der Waals surface area (Å²) in [7, 11) is 0. The minimum atomic E-state index is 0.324. The summed E-state index contributed by atoms with van der Waals surface area (Å²) in [5.41, 5.74) is 2.50. The molecule has 1 saturated heterocycles. The van der Waals surface area contributed by atoms with Gasteiger partial charge in [0, 0.05) is 24.8 Å². The maximum absolute atomic E-state index is 6.13. The summed E-state index contributed by atoms with van der Waals surface area (Å²) in [6.45, 7) is 9.96. The predicted octanol–water partition coefficient (Wildman–Crippen LogP) is 3.47. The lowest BCUT2D eigenvalue weighted by Crippen LogP contribution is -2.23. The molecule has 20 heavy (non-hydrogen) atoms. The Morgan fingerprint density at radius 1 is 1.35 bits per heavy atom. The van der Waals surface area contributed by atoms with E-state index in [0.29, 0.717) is 12.0 Å². The van der Waals surface area contributed by atoms with E-state index in [-0.39, 0.29) is 0 Å². The first-order valence-corrected chi connectivity index (χ1v) is 7.75. The first kappa shape index (κ1) is 15.3. The highest BCUT2D eigenvalue weighted by Gasteiger charge is 2.16. The summed E-state index contributed by atoms with van der Waals surface area (Å²) in [6, 6.07) is 6.82. The zero-order valence-electron chi connectivity index (χ0n) is 12.9. The zero-order valence-corrected chi connectivity index (χ0v) is 12.9. The molecule has 1 aromatic carbocycles. The molecule has 0 spiro atoms. The van der Waals surface area contributed by atoms with E-state index < -0.39 is 0 Å². The summed E-state index contributed by atoms with van der Waals surface area (Å²) < 4.78 is 11.5. The van der Waals surface area contributed by atoms with Gasteiger partial charge < -0.3 is 14.8 Å². The largest absolute Gasteiger partial charge is 0.493 e.